The molecular weight excluding hydrogens is 164 g/mol. The van der Waals surface area contributed by atoms with Crippen LogP contribution < -0.4 is 0 Å². The van der Waals surface area contributed by atoms with Gasteiger partial charge in [0.05, 0.1) is 0 Å². The van der Waals surface area contributed by atoms with Crippen molar-refractivity contribution < 1.29 is 18.7 Å². The average Bonchev–Trinajstić information content (AvgIpc) is 1.87. The summed E-state index contributed by atoms with van der Waals surface area (Å²) in [6.07, 6.45) is -0.258. The van der Waals surface area contributed by atoms with E-state index < -0.39 is 9.76 Å². The summed E-state index contributed by atoms with van der Waals surface area (Å²) in [5, 5.41) is 0. The predicted octanol–water partition coefficient (Wildman–Crippen LogP) is 0.0181. The Morgan fingerprint density at radius 3 is 2.73 bits per heavy atom. The second-order valence-corrected chi connectivity index (χ2v) is 2.85. The van der Waals surface area contributed by atoms with Crippen LogP contribution in [-0.4, -0.2) is 28.8 Å². The summed E-state index contributed by atoms with van der Waals surface area (Å²) in [6, 6.07) is 0. The van der Waals surface area contributed by atoms with Gasteiger partial charge in [-0.25, -0.2) is 0 Å². The van der Waals surface area contributed by atoms with Crippen LogP contribution in [0.1, 0.15) is 13.8 Å². The van der Waals surface area contributed by atoms with Gasteiger partial charge >= 0.3 is 5.97 Å². The molecule has 0 aliphatic heterocycles. The first kappa shape index (κ1) is 10.6. The molecule has 0 aromatic heterocycles. The van der Waals surface area contributed by atoms with E-state index in [-0.39, 0.29) is 19.1 Å². The van der Waals surface area contributed by atoms with Crippen LogP contribution in [0, 0.1) is 0 Å². The van der Waals surface area contributed by atoms with Crippen LogP contribution in [0.15, 0.2) is 0 Å². The molecule has 0 aromatic rings. The number of carbonyl (C=O) groups is 1. The van der Waals surface area contributed by atoms with Gasteiger partial charge in [-0.2, -0.15) is 0 Å². The lowest BCUT2D eigenvalue weighted by molar-refractivity contribution is -0.172. The minimum atomic E-state index is -0.446. The second-order valence-electron chi connectivity index (χ2n) is 1.94. The first-order valence-corrected chi connectivity index (χ1v) is 5.52. The van der Waals surface area contributed by atoms with Crippen molar-refractivity contribution in [3.63, 3.8) is 0 Å². The Kier molecular flexibility index (Phi) is 6.10. The van der Waals surface area contributed by atoms with Gasteiger partial charge in [0.15, 0.2) is 16.6 Å². The summed E-state index contributed by atoms with van der Waals surface area (Å²) >= 11 is 0. The molecular formula is C6H14O4Si. The molecule has 0 saturated carbocycles. The number of carbonyl (C=O) groups excluding carboxylic acids is 1. The van der Waals surface area contributed by atoms with Gasteiger partial charge in [0, 0.05) is 6.92 Å². The zero-order valence-corrected chi connectivity index (χ0v) is 8.54. The van der Waals surface area contributed by atoms with E-state index in [0.717, 1.165) is 0 Å². The van der Waals surface area contributed by atoms with Crippen LogP contribution in [0.4, 0.5) is 0 Å². The lowest BCUT2D eigenvalue weighted by atomic mass is 10.8. The number of hydrogen-bond acceptors (Lipinski definition) is 4. The molecule has 11 heavy (non-hydrogen) atoms. The monoisotopic (exact) mass is 178 g/mol. The molecule has 1 atom stereocenters. The van der Waals surface area contributed by atoms with E-state index in [1.807, 2.05) is 6.55 Å². The molecule has 0 heterocycles. The minimum absolute atomic E-state index is 0.0229. The van der Waals surface area contributed by atoms with Gasteiger partial charge < -0.3 is 13.9 Å². The van der Waals surface area contributed by atoms with Crippen molar-refractivity contribution in [1.82, 2.24) is 0 Å². The third kappa shape index (κ3) is 7.50. The highest BCUT2D eigenvalue weighted by Crippen LogP contribution is 1.91. The number of rotatable bonds is 5. The average molecular weight is 178 g/mol. The quantitative estimate of drug-likeness (QED) is 0.338. The Hall–Kier alpha value is -0.393. The summed E-state index contributed by atoms with van der Waals surface area (Å²) in [6.45, 7) is 5.10. The van der Waals surface area contributed by atoms with Gasteiger partial charge in [-0.05, 0) is 6.92 Å². The molecule has 0 saturated heterocycles. The van der Waals surface area contributed by atoms with Gasteiger partial charge in [-0.15, -0.1) is 0 Å². The number of ether oxygens (including phenoxy) is 2. The lowest BCUT2D eigenvalue weighted by Gasteiger charge is -2.12. The van der Waals surface area contributed by atoms with E-state index in [9.17, 15) is 4.79 Å². The van der Waals surface area contributed by atoms with Crippen LogP contribution >= 0.6 is 0 Å². The smallest absolute Gasteiger partial charge is 0.304 e. The Morgan fingerprint density at radius 2 is 2.27 bits per heavy atom. The summed E-state index contributed by atoms with van der Waals surface area (Å²) in [5.74, 6) is -0.342. The fraction of sp³-hybridized carbons (Fsp3) is 0.833. The van der Waals surface area contributed by atoms with Crippen LogP contribution in [0.5, 0.6) is 0 Å². The zero-order chi connectivity index (χ0) is 8.69. The highest BCUT2D eigenvalue weighted by molar-refractivity contribution is 6.24. The van der Waals surface area contributed by atoms with Gasteiger partial charge in [0.2, 0.25) is 0 Å². The summed E-state index contributed by atoms with van der Waals surface area (Å²) in [5.41, 5.74) is 0. The van der Waals surface area contributed by atoms with E-state index in [2.05, 4.69) is 4.74 Å². The molecule has 0 radical (unpaired) electrons. The van der Waals surface area contributed by atoms with E-state index in [4.69, 9.17) is 9.16 Å². The standard InChI is InChI=1S/C6H14O4Si/c1-5(7)8-4-9-6(2)10-11-3/h6H,4,11H2,1-3H3. The third-order valence-electron chi connectivity index (χ3n) is 0.966. The van der Waals surface area contributed by atoms with Gasteiger partial charge in [-0.1, -0.05) is 6.55 Å². The fourth-order valence-corrected chi connectivity index (χ4v) is 1.06. The number of esters is 1. The van der Waals surface area contributed by atoms with Crippen LogP contribution in [0.3, 0.4) is 0 Å². The van der Waals surface area contributed by atoms with Crippen molar-refractivity contribution >= 4 is 15.7 Å². The Labute approximate surface area is 68.8 Å². The molecule has 0 aliphatic rings. The molecule has 0 aromatic carbocycles. The van der Waals surface area contributed by atoms with Crippen LogP contribution in [0.25, 0.3) is 0 Å². The third-order valence-corrected chi connectivity index (χ3v) is 1.77. The molecule has 66 valence electrons. The summed E-state index contributed by atoms with van der Waals surface area (Å²) in [7, 11) is -0.446. The molecule has 0 aliphatic carbocycles. The molecule has 0 bridgehead atoms. The molecule has 0 N–H and O–H groups in total. The summed E-state index contributed by atoms with van der Waals surface area (Å²) < 4.78 is 14.6. The molecule has 1 unspecified atom stereocenters. The maximum absolute atomic E-state index is 10.2. The SMILES string of the molecule is C[SiH2]OC(C)OCOC(C)=O. The maximum Gasteiger partial charge on any atom is 0.304 e. The highest BCUT2D eigenvalue weighted by Gasteiger charge is 1.99. The molecule has 0 amide bonds. The van der Waals surface area contributed by atoms with Crippen LogP contribution in [-0.2, 0) is 18.7 Å². The Bertz CT molecular complexity index is 117. The Morgan fingerprint density at radius 1 is 1.64 bits per heavy atom. The molecule has 0 rings (SSSR count). The fourth-order valence-electron chi connectivity index (χ4n) is 0.496. The van der Waals surface area contributed by atoms with Crippen molar-refractivity contribution in [2.75, 3.05) is 6.79 Å². The zero-order valence-electron chi connectivity index (χ0n) is 7.12. The molecule has 0 fully saturated rings. The van der Waals surface area contributed by atoms with Gasteiger partial charge in [-0.3, -0.25) is 4.79 Å². The largest absolute Gasteiger partial charge is 0.439 e. The summed E-state index contributed by atoms with van der Waals surface area (Å²) in [4.78, 5) is 10.2. The number of hydrogen-bond donors (Lipinski definition) is 0. The van der Waals surface area contributed by atoms with E-state index in [1.54, 1.807) is 6.92 Å². The van der Waals surface area contributed by atoms with E-state index in [0.29, 0.717) is 0 Å². The maximum atomic E-state index is 10.2. The van der Waals surface area contributed by atoms with Gasteiger partial charge in [0.1, 0.15) is 6.29 Å². The van der Waals surface area contributed by atoms with Gasteiger partial charge in [0.25, 0.3) is 0 Å². The molecule has 5 heteroatoms. The topological polar surface area (TPSA) is 44.8 Å². The molecule has 0 spiro atoms. The first-order chi connectivity index (χ1) is 5.16. The van der Waals surface area contributed by atoms with Crippen molar-refractivity contribution in [1.29, 1.82) is 0 Å². The molecule has 4 nitrogen and oxygen atoms in total. The Balaban J connectivity index is 3.16. The normalized spacial score (nSPS) is 13.7. The van der Waals surface area contributed by atoms with E-state index >= 15 is 0 Å². The lowest BCUT2D eigenvalue weighted by Crippen LogP contribution is -2.17. The van der Waals surface area contributed by atoms with Crippen LogP contribution in [0.2, 0.25) is 6.55 Å². The van der Waals surface area contributed by atoms with Crippen molar-refractivity contribution in [2.24, 2.45) is 0 Å². The van der Waals surface area contributed by atoms with Crippen molar-refractivity contribution in [3.8, 4) is 0 Å². The predicted molar refractivity (Wildman–Crippen MR) is 42.7 cm³/mol. The first-order valence-electron chi connectivity index (χ1n) is 3.53. The van der Waals surface area contributed by atoms with E-state index in [1.165, 1.54) is 6.92 Å². The minimum Gasteiger partial charge on any atom is -0.439 e. The van der Waals surface area contributed by atoms with Crippen molar-refractivity contribution in [2.45, 2.75) is 26.7 Å². The second kappa shape index (κ2) is 6.33. The highest BCUT2D eigenvalue weighted by atomic mass is 28.2. The van der Waals surface area contributed by atoms with Crippen molar-refractivity contribution in [3.05, 3.63) is 0 Å².